The predicted molar refractivity (Wildman–Crippen MR) is 116 cm³/mol. The largest absolute Gasteiger partial charge is 0.491 e. The van der Waals surface area contributed by atoms with Gasteiger partial charge < -0.3 is 19.7 Å². The first-order valence-corrected chi connectivity index (χ1v) is 9.82. The summed E-state index contributed by atoms with van der Waals surface area (Å²) in [6.45, 7) is 0.556. The minimum Gasteiger partial charge on any atom is -0.491 e. The van der Waals surface area contributed by atoms with Crippen molar-refractivity contribution in [2.24, 2.45) is 0 Å². The molecule has 0 radical (unpaired) electrons. The molecule has 1 atom stereocenters. The maximum absolute atomic E-state index is 12.1. The highest BCUT2D eigenvalue weighted by Crippen LogP contribution is 2.17. The molecule has 0 aliphatic carbocycles. The van der Waals surface area contributed by atoms with Crippen LogP contribution in [0, 0.1) is 0 Å². The Morgan fingerprint density at radius 2 is 1.73 bits per heavy atom. The highest BCUT2D eigenvalue weighted by Gasteiger charge is 2.10. The van der Waals surface area contributed by atoms with Gasteiger partial charge in [-0.2, -0.15) is 0 Å². The van der Waals surface area contributed by atoms with Gasteiger partial charge in [0.05, 0.1) is 30.3 Å². The first kappa shape index (κ1) is 19.7. The lowest BCUT2D eigenvalue weighted by Gasteiger charge is -2.14. The fourth-order valence-electron chi connectivity index (χ4n) is 3.25. The topological polar surface area (TPSA) is 76.4 Å². The number of carbonyl (C=O) groups excluding carboxylic acids is 1. The third-order valence-electron chi connectivity index (χ3n) is 4.72. The summed E-state index contributed by atoms with van der Waals surface area (Å²) in [7, 11) is 0. The Morgan fingerprint density at radius 1 is 1.00 bits per heavy atom. The van der Waals surface area contributed by atoms with Crippen molar-refractivity contribution in [2.75, 3.05) is 11.9 Å². The number of nitrogens with zero attached hydrogens (tertiary/aromatic N) is 2. The SMILES string of the molecule is O=C(Cc1ccccc1)Nc1ccc(OCC(O)Cn2cnc3ccccc32)cc1. The van der Waals surface area contributed by atoms with Gasteiger partial charge in [-0.05, 0) is 42.0 Å². The normalized spacial score (nSPS) is 11.9. The van der Waals surface area contributed by atoms with Crippen molar-refractivity contribution in [1.82, 2.24) is 9.55 Å². The highest BCUT2D eigenvalue weighted by atomic mass is 16.5. The van der Waals surface area contributed by atoms with Crippen LogP contribution in [0.1, 0.15) is 5.56 Å². The van der Waals surface area contributed by atoms with Crippen LogP contribution >= 0.6 is 0 Å². The second kappa shape index (κ2) is 9.24. The highest BCUT2D eigenvalue weighted by molar-refractivity contribution is 5.92. The maximum atomic E-state index is 12.1. The molecule has 0 aliphatic rings. The second-order valence-corrected chi connectivity index (χ2v) is 7.09. The number of carbonyl (C=O) groups is 1. The quantitative estimate of drug-likeness (QED) is 0.472. The van der Waals surface area contributed by atoms with Gasteiger partial charge in [0.25, 0.3) is 0 Å². The molecule has 4 rings (SSSR count). The number of nitrogens with one attached hydrogen (secondary N) is 1. The van der Waals surface area contributed by atoms with E-state index in [1.165, 1.54) is 0 Å². The summed E-state index contributed by atoms with van der Waals surface area (Å²) >= 11 is 0. The summed E-state index contributed by atoms with van der Waals surface area (Å²) in [5.74, 6) is 0.559. The number of benzene rings is 3. The first-order valence-electron chi connectivity index (χ1n) is 9.82. The zero-order valence-corrected chi connectivity index (χ0v) is 16.4. The van der Waals surface area contributed by atoms with Crippen LogP contribution in [-0.2, 0) is 17.8 Å². The third kappa shape index (κ3) is 5.04. The third-order valence-corrected chi connectivity index (χ3v) is 4.72. The van der Waals surface area contributed by atoms with E-state index in [0.717, 1.165) is 16.6 Å². The summed E-state index contributed by atoms with van der Waals surface area (Å²) < 4.78 is 7.60. The number of rotatable bonds is 8. The number of aromatic nitrogens is 2. The molecule has 1 heterocycles. The lowest BCUT2D eigenvalue weighted by Crippen LogP contribution is -2.23. The zero-order chi connectivity index (χ0) is 20.8. The first-order chi connectivity index (χ1) is 14.7. The number of amides is 1. The van der Waals surface area contributed by atoms with E-state index < -0.39 is 6.10 Å². The van der Waals surface area contributed by atoms with E-state index >= 15 is 0 Å². The van der Waals surface area contributed by atoms with Crippen molar-refractivity contribution in [3.63, 3.8) is 0 Å². The number of aliphatic hydroxyl groups is 1. The molecule has 3 aromatic carbocycles. The van der Waals surface area contributed by atoms with E-state index in [1.54, 1.807) is 30.6 Å². The molecule has 0 fully saturated rings. The average Bonchev–Trinajstić information content (AvgIpc) is 3.17. The molecule has 6 nitrogen and oxygen atoms in total. The van der Waals surface area contributed by atoms with Gasteiger partial charge in [0.2, 0.25) is 5.91 Å². The van der Waals surface area contributed by atoms with Gasteiger partial charge in [-0.25, -0.2) is 4.98 Å². The average molecular weight is 401 g/mol. The van der Waals surface area contributed by atoms with Crippen LogP contribution in [0.2, 0.25) is 0 Å². The summed E-state index contributed by atoms with van der Waals surface area (Å²) in [6, 6.07) is 24.5. The Morgan fingerprint density at radius 3 is 2.53 bits per heavy atom. The molecule has 1 amide bonds. The Bertz CT molecular complexity index is 1110. The van der Waals surface area contributed by atoms with Gasteiger partial charge >= 0.3 is 0 Å². The lowest BCUT2D eigenvalue weighted by atomic mass is 10.1. The molecule has 1 unspecified atom stereocenters. The van der Waals surface area contributed by atoms with Crippen LogP contribution in [-0.4, -0.2) is 33.3 Å². The fourth-order valence-corrected chi connectivity index (χ4v) is 3.25. The van der Waals surface area contributed by atoms with Crippen LogP contribution in [0.25, 0.3) is 11.0 Å². The number of hydrogen-bond acceptors (Lipinski definition) is 4. The molecule has 152 valence electrons. The molecule has 0 spiro atoms. The Balaban J connectivity index is 1.26. The predicted octanol–water partition coefficient (Wildman–Crippen LogP) is 3.66. The van der Waals surface area contributed by atoms with Crippen LogP contribution in [0.5, 0.6) is 5.75 Å². The molecule has 1 aromatic heterocycles. The lowest BCUT2D eigenvalue weighted by molar-refractivity contribution is -0.115. The van der Waals surface area contributed by atoms with Gasteiger partial charge in [0.15, 0.2) is 0 Å². The summed E-state index contributed by atoms with van der Waals surface area (Å²) in [4.78, 5) is 16.5. The minimum absolute atomic E-state index is 0.0714. The molecule has 0 saturated heterocycles. The molecule has 0 saturated carbocycles. The van der Waals surface area contributed by atoms with E-state index in [-0.39, 0.29) is 12.5 Å². The molecule has 4 aromatic rings. The van der Waals surface area contributed by atoms with Crippen molar-refractivity contribution in [1.29, 1.82) is 0 Å². The Kier molecular flexibility index (Phi) is 6.06. The van der Waals surface area contributed by atoms with Gasteiger partial charge in [-0.3, -0.25) is 4.79 Å². The molecule has 0 bridgehead atoms. The number of ether oxygens (including phenoxy) is 1. The molecule has 6 heteroatoms. The van der Waals surface area contributed by atoms with Crippen molar-refractivity contribution in [2.45, 2.75) is 19.1 Å². The molecular weight excluding hydrogens is 378 g/mol. The van der Waals surface area contributed by atoms with E-state index in [0.29, 0.717) is 24.4 Å². The van der Waals surface area contributed by atoms with Crippen LogP contribution < -0.4 is 10.1 Å². The van der Waals surface area contributed by atoms with Crippen molar-refractivity contribution < 1.29 is 14.6 Å². The maximum Gasteiger partial charge on any atom is 0.228 e. The van der Waals surface area contributed by atoms with Gasteiger partial charge in [0.1, 0.15) is 18.5 Å². The van der Waals surface area contributed by atoms with Crippen molar-refractivity contribution in [3.05, 3.63) is 90.8 Å². The summed E-state index contributed by atoms with van der Waals surface area (Å²) in [5.41, 5.74) is 3.55. The Hall–Kier alpha value is -3.64. The molecule has 2 N–H and O–H groups in total. The van der Waals surface area contributed by atoms with Crippen molar-refractivity contribution in [3.8, 4) is 5.75 Å². The number of para-hydroxylation sites is 2. The van der Waals surface area contributed by atoms with Crippen molar-refractivity contribution >= 4 is 22.6 Å². The number of fused-ring (bicyclic) bond motifs is 1. The monoisotopic (exact) mass is 401 g/mol. The van der Waals surface area contributed by atoms with Crippen LogP contribution in [0.3, 0.4) is 0 Å². The molecule has 0 aliphatic heterocycles. The zero-order valence-electron chi connectivity index (χ0n) is 16.4. The fraction of sp³-hybridized carbons (Fsp3) is 0.167. The van der Waals surface area contributed by atoms with Crippen LogP contribution in [0.4, 0.5) is 5.69 Å². The van der Waals surface area contributed by atoms with E-state index in [1.807, 2.05) is 59.2 Å². The van der Waals surface area contributed by atoms with Gasteiger partial charge in [-0.15, -0.1) is 0 Å². The number of imidazole rings is 1. The standard InChI is InChI=1S/C24H23N3O3/c28-20(15-27-17-25-22-8-4-5-9-23(22)27)16-30-21-12-10-19(11-13-21)26-24(29)14-18-6-2-1-3-7-18/h1-13,17,20,28H,14-16H2,(H,26,29). The van der Waals surface area contributed by atoms with E-state index in [4.69, 9.17) is 4.74 Å². The van der Waals surface area contributed by atoms with Gasteiger partial charge in [0, 0.05) is 5.69 Å². The summed E-state index contributed by atoms with van der Waals surface area (Å²) in [5, 5.41) is 13.2. The summed E-state index contributed by atoms with van der Waals surface area (Å²) in [6.07, 6.45) is 1.38. The van der Waals surface area contributed by atoms with Crippen LogP contribution in [0.15, 0.2) is 85.2 Å². The second-order valence-electron chi connectivity index (χ2n) is 7.09. The van der Waals surface area contributed by atoms with E-state index in [9.17, 15) is 9.90 Å². The number of hydrogen-bond donors (Lipinski definition) is 2. The minimum atomic E-state index is -0.673. The molecular formula is C24H23N3O3. The Labute approximate surface area is 174 Å². The molecule has 30 heavy (non-hydrogen) atoms. The number of anilines is 1. The van der Waals surface area contributed by atoms with Gasteiger partial charge in [-0.1, -0.05) is 42.5 Å². The smallest absolute Gasteiger partial charge is 0.228 e. The van der Waals surface area contributed by atoms with E-state index in [2.05, 4.69) is 10.3 Å². The number of aliphatic hydroxyl groups excluding tert-OH is 1.